The van der Waals surface area contributed by atoms with E-state index in [1.807, 2.05) is 0 Å². The van der Waals surface area contributed by atoms with Gasteiger partial charge in [0.15, 0.2) is 0 Å². The minimum Gasteiger partial charge on any atom is -0.323 e. The smallest absolute Gasteiger partial charge is 0.323 e. The second-order valence-corrected chi connectivity index (χ2v) is 8.20. The average molecular weight is 310 g/mol. The van der Waals surface area contributed by atoms with Gasteiger partial charge in [0.1, 0.15) is 0 Å². The van der Waals surface area contributed by atoms with Crippen molar-refractivity contribution in [2.75, 3.05) is 0 Å². The van der Waals surface area contributed by atoms with Gasteiger partial charge >= 0.3 is 15.2 Å². The molecule has 0 spiro atoms. The first-order chi connectivity index (χ1) is 7.71. The Morgan fingerprint density at radius 2 is 1.28 bits per heavy atom. The van der Waals surface area contributed by atoms with Crippen LogP contribution in [0.3, 0.4) is 0 Å². The first-order valence-corrected chi connectivity index (χ1v) is 8.94. The molecule has 1 rings (SSSR count). The number of rotatable bonds is 4. The van der Waals surface area contributed by atoms with E-state index in [1.165, 1.54) is 0 Å². The van der Waals surface area contributed by atoms with Crippen LogP contribution in [0.4, 0.5) is 0 Å². The van der Waals surface area contributed by atoms with Crippen LogP contribution in [0.2, 0.25) is 0 Å². The molecule has 5 N–H and O–H groups in total. The van der Waals surface area contributed by atoms with E-state index in [0.717, 1.165) is 25.7 Å². The number of hydrogen-bond acceptors (Lipinski definition) is 3. The second-order valence-electron chi connectivity index (χ2n) is 4.41. The van der Waals surface area contributed by atoms with Crippen molar-refractivity contribution in [1.82, 2.24) is 5.32 Å². The van der Waals surface area contributed by atoms with E-state index < -0.39 is 20.7 Å². The molecule has 103 valence electrons. The van der Waals surface area contributed by atoms with Crippen LogP contribution in [0.15, 0.2) is 0 Å². The summed E-state index contributed by atoms with van der Waals surface area (Å²) in [5.74, 6) is 0. The van der Waals surface area contributed by atoms with Gasteiger partial charge in [0.05, 0.1) is 0 Å². The maximum absolute atomic E-state index is 11.1. The molecule has 0 aromatic rings. The van der Waals surface area contributed by atoms with Gasteiger partial charge in [-0.15, -0.1) is 0 Å². The normalized spacial score (nSPS) is 19.4. The Kier molecular flexibility index (Phi) is 8.44. The van der Waals surface area contributed by atoms with Crippen molar-refractivity contribution in [3.05, 3.63) is 0 Å². The van der Waals surface area contributed by atoms with Gasteiger partial charge in [0.25, 0.3) is 0 Å². The van der Waals surface area contributed by atoms with Crippen LogP contribution in [0.1, 0.15) is 38.5 Å². The van der Waals surface area contributed by atoms with Gasteiger partial charge in [-0.3, -0.25) is 14.4 Å². The molecule has 0 unspecified atom stereocenters. The number of nitrogens with one attached hydrogen (secondary N) is 1. The zero-order chi connectivity index (χ0) is 13.1. The van der Waals surface area contributed by atoms with Crippen molar-refractivity contribution in [2.24, 2.45) is 0 Å². The summed E-state index contributed by atoms with van der Waals surface area (Å²) in [6.07, 6.45) is 5.30. The molecule has 0 bridgehead atoms. The van der Waals surface area contributed by atoms with E-state index in [4.69, 9.17) is 19.6 Å². The minimum atomic E-state index is -4.85. The maximum atomic E-state index is 11.1. The zero-order valence-corrected chi connectivity index (χ0v) is 14.2. The molecule has 18 heavy (non-hydrogen) atoms. The molecule has 0 amide bonds. The predicted molar refractivity (Wildman–Crippen MR) is 68.3 cm³/mol. The second kappa shape index (κ2) is 7.89. The largest absolute Gasteiger partial charge is 0.354 e. The summed E-state index contributed by atoms with van der Waals surface area (Å²) in [5.41, 5.74) is -2.07. The summed E-state index contributed by atoms with van der Waals surface area (Å²) in [5, 5.41) is 2.45. The predicted octanol–water partition coefficient (Wildman–Crippen LogP) is 0.557. The monoisotopic (exact) mass is 310 g/mol. The van der Waals surface area contributed by atoms with Crippen molar-refractivity contribution in [2.45, 2.75) is 50.1 Å². The first kappa shape index (κ1) is 19.3. The molecule has 0 saturated heterocycles. The van der Waals surface area contributed by atoms with Gasteiger partial charge in [0, 0.05) is 35.6 Å². The van der Waals surface area contributed by atoms with Crippen LogP contribution in [0, 0.1) is 0 Å². The van der Waals surface area contributed by atoms with Crippen LogP contribution >= 0.6 is 15.2 Å². The van der Waals surface area contributed by atoms with E-state index >= 15 is 0 Å². The van der Waals surface area contributed by atoms with Gasteiger partial charge in [-0.2, -0.15) is 0 Å². The standard InChI is InChI=1S/C8H19NO6P2.Na/c10-16(11,12)8(17(13,14)15)9-7-5-3-1-2-4-6-7;/h7-9H,1-6H2,(H2,10,11,12)(H2,13,14,15);. The minimum absolute atomic E-state index is 0. The van der Waals surface area contributed by atoms with Gasteiger partial charge in [-0.25, -0.2) is 0 Å². The van der Waals surface area contributed by atoms with E-state index in [2.05, 4.69) is 5.32 Å². The van der Waals surface area contributed by atoms with E-state index in [9.17, 15) is 9.13 Å². The zero-order valence-electron chi connectivity index (χ0n) is 10.4. The van der Waals surface area contributed by atoms with E-state index in [-0.39, 0.29) is 35.6 Å². The van der Waals surface area contributed by atoms with Gasteiger partial charge in [-0.1, -0.05) is 25.7 Å². The molecule has 1 aliphatic rings. The van der Waals surface area contributed by atoms with Crippen LogP contribution in [0.25, 0.3) is 0 Å². The third kappa shape index (κ3) is 6.62. The Hall–Kier alpha value is 1.26. The molecule has 0 heterocycles. The fourth-order valence-electron chi connectivity index (χ4n) is 2.05. The molecule has 0 aromatic heterocycles. The Morgan fingerprint density at radius 3 is 1.61 bits per heavy atom. The Labute approximate surface area is 128 Å². The summed E-state index contributed by atoms with van der Waals surface area (Å²) < 4.78 is 22.2. The third-order valence-electron chi connectivity index (χ3n) is 2.88. The molecule has 0 atom stereocenters. The molecular formula is C8H19NNaO6P2. The summed E-state index contributed by atoms with van der Waals surface area (Å²) >= 11 is 0. The maximum Gasteiger partial charge on any atom is 0.354 e. The van der Waals surface area contributed by atoms with Crippen LogP contribution in [-0.4, -0.2) is 60.7 Å². The Balaban J connectivity index is 0.00000289. The molecule has 10 heteroatoms. The van der Waals surface area contributed by atoms with Crippen LogP contribution < -0.4 is 5.32 Å². The third-order valence-corrected chi connectivity index (χ3v) is 6.25. The van der Waals surface area contributed by atoms with Crippen molar-refractivity contribution in [3.8, 4) is 0 Å². The molecule has 1 aliphatic carbocycles. The molecular weight excluding hydrogens is 291 g/mol. The number of hydrogen-bond donors (Lipinski definition) is 5. The summed E-state index contributed by atoms with van der Waals surface area (Å²) in [6.45, 7) is 0. The molecule has 0 aromatic carbocycles. The van der Waals surface area contributed by atoms with Gasteiger partial charge in [0.2, 0.25) is 5.52 Å². The quantitative estimate of drug-likeness (QED) is 0.291. The first-order valence-electron chi connectivity index (χ1n) is 5.58. The topological polar surface area (TPSA) is 127 Å². The van der Waals surface area contributed by atoms with Crippen LogP contribution in [0.5, 0.6) is 0 Å². The SMILES string of the molecule is O=P(O)(O)C(NC1CCCCCC1)P(=O)(O)O.[Na]. The van der Waals surface area contributed by atoms with Crippen molar-refractivity contribution in [1.29, 1.82) is 0 Å². The average Bonchev–Trinajstić information content (AvgIpc) is 2.38. The van der Waals surface area contributed by atoms with E-state index in [0.29, 0.717) is 12.8 Å². The van der Waals surface area contributed by atoms with Crippen molar-refractivity contribution >= 4 is 44.7 Å². The molecule has 0 aliphatic heterocycles. The van der Waals surface area contributed by atoms with E-state index in [1.54, 1.807) is 0 Å². The fourth-order valence-corrected chi connectivity index (χ4v) is 4.42. The molecule has 7 nitrogen and oxygen atoms in total. The van der Waals surface area contributed by atoms with Crippen LogP contribution in [-0.2, 0) is 9.13 Å². The molecule has 1 saturated carbocycles. The van der Waals surface area contributed by atoms with Gasteiger partial charge < -0.3 is 19.6 Å². The molecule has 1 fully saturated rings. The van der Waals surface area contributed by atoms with Crippen molar-refractivity contribution in [3.63, 3.8) is 0 Å². The fraction of sp³-hybridized carbons (Fsp3) is 1.00. The van der Waals surface area contributed by atoms with Gasteiger partial charge in [-0.05, 0) is 12.8 Å². The summed E-state index contributed by atoms with van der Waals surface area (Å²) in [4.78, 5) is 35.9. The summed E-state index contributed by atoms with van der Waals surface area (Å²) in [6, 6.07) is -0.234. The van der Waals surface area contributed by atoms with Crippen molar-refractivity contribution < 1.29 is 28.7 Å². The Morgan fingerprint density at radius 1 is 0.889 bits per heavy atom. The molecule has 1 radical (unpaired) electrons. The summed E-state index contributed by atoms with van der Waals surface area (Å²) in [7, 11) is -9.70. The Bertz CT molecular complexity index is 312.